The van der Waals surface area contributed by atoms with Crippen molar-refractivity contribution < 1.29 is 0 Å². The first-order valence-corrected chi connectivity index (χ1v) is 5.93. The van der Waals surface area contributed by atoms with E-state index in [1.54, 1.807) is 17.2 Å². The van der Waals surface area contributed by atoms with Gasteiger partial charge in [0.05, 0.1) is 23.1 Å². The zero-order chi connectivity index (χ0) is 13.1. The highest BCUT2D eigenvalue weighted by Crippen LogP contribution is 2.23. The Hall–Kier alpha value is -2.70. The molecule has 96 valence electrons. The molecule has 19 heavy (non-hydrogen) atoms. The topological polar surface area (TPSA) is 84.3 Å². The summed E-state index contributed by atoms with van der Waals surface area (Å²) in [5, 5.41) is 21.5. The van der Waals surface area contributed by atoms with Gasteiger partial charge in [0.15, 0.2) is 0 Å². The summed E-state index contributed by atoms with van der Waals surface area (Å²) in [6, 6.07) is 9.92. The highest BCUT2D eigenvalue weighted by molar-refractivity contribution is 5.61. The number of nitrogens with one attached hydrogen (secondary N) is 2. The summed E-state index contributed by atoms with van der Waals surface area (Å²) in [5.74, 6) is 0. The van der Waals surface area contributed by atoms with E-state index in [2.05, 4.69) is 38.0 Å². The lowest BCUT2D eigenvalue weighted by Gasteiger charge is -2.16. The Morgan fingerprint density at radius 3 is 2.89 bits per heavy atom. The Bertz CT molecular complexity index is 630. The number of H-pyrrole nitrogens is 1. The lowest BCUT2D eigenvalue weighted by atomic mass is 10.2. The van der Waals surface area contributed by atoms with Crippen molar-refractivity contribution in [1.82, 2.24) is 30.4 Å². The fraction of sp³-hybridized carbons (Fsp3) is 0.167. The van der Waals surface area contributed by atoms with Crippen LogP contribution in [0.15, 0.2) is 42.9 Å². The first kappa shape index (κ1) is 11.4. The van der Waals surface area contributed by atoms with Gasteiger partial charge in [-0.05, 0) is 35.5 Å². The maximum atomic E-state index is 3.95. The first-order chi connectivity index (χ1) is 9.34. The second kappa shape index (κ2) is 4.89. The van der Waals surface area contributed by atoms with Crippen molar-refractivity contribution in [1.29, 1.82) is 0 Å². The van der Waals surface area contributed by atoms with Crippen LogP contribution in [0, 0.1) is 0 Å². The molecule has 0 saturated heterocycles. The minimum atomic E-state index is 0.111. The lowest BCUT2D eigenvalue weighted by molar-refractivity contribution is 0.781. The Labute approximate surface area is 109 Å². The van der Waals surface area contributed by atoms with Crippen molar-refractivity contribution in [2.75, 3.05) is 5.32 Å². The van der Waals surface area contributed by atoms with Crippen LogP contribution in [0.3, 0.4) is 0 Å². The predicted octanol–water partition coefficient (Wildman–Crippen LogP) is 1.56. The van der Waals surface area contributed by atoms with Gasteiger partial charge in [0, 0.05) is 6.20 Å². The molecule has 0 bridgehead atoms. The van der Waals surface area contributed by atoms with Crippen LogP contribution in [0.4, 0.5) is 5.69 Å². The van der Waals surface area contributed by atoms with Crippen LogP contribution in [0.1, 0.15) is 18.7 Å². The van der Waals surface area contributed by atoms with Gasteiger partial charge >= 0.3 is 0 Å². The van der Waals surface area contributed by atoms with Gasteiger partial charge in [-0.15, -0.1) is 5.10 Å². The number of aromatic nitrogens is 6. The number of nitrogens with zero attached hydrogens (tertiary/aromatic N) is 5. The third-order valence-corrected chi connectivity index (χ3v) is 2.86. The van der Waals surface area contributed by atoms with Crippen LogP contribution in [0.5, 0.6) is 0 Å². The van der Waals surface area contributed by atoms with Crippen LogP contribution < -0.4 is 5.32 Å². The molecular formula is C12H13N7. The maximum absolute atomic E-state index is 3.95. The summed E-state index contributed by atoms with van der Waals surface area (Å²) >= 11 is 0. The maximum Gasteiger partial charge on any atom is 0.143 e. The molecule has 0 aliphatic rings. The molecule has 2 heterocycles. The molecule has 0 radical (unpaired) electrons. The van der Waals surface area contributed by atoms with Crippen LogP contribution in [0.2, 0.25) is 0 Å². The molecular weight excluding hydrogens is 242 g/mol. The summed E-state index contributed by atoms with van der Waals surface area (Å²) in [7, 11) is 0. The van der Waals surface area contributed by atoms with E-state index in [0.717, 1.165) is 17.1 Å². The number of hydrogen-bond donors (Lipinski definition) is 2. The number of rotatable bonds is 4. The summed E-state index contributed by atoms with van der Waals surface area (Å²) < 4.78 is 1.63. The molecule has 7 heteroatoms. The fourth-order valence-corrected chi connectivity index (χ4v) is 1.89. The third kappa shape index (κ3) is 2.30. The van der Waals surface area contributed by atoms with Gasteiger partial charge in [-0.2, -0.15) is 9.78 Å². The largest absolute Gasteiger partial charge is 0.375 e. The van der Waals surface area contributed by atoms with E-state index in [1.807, 2.05) is 30.3 Å². The van der Waals surface area contributed by atoms with Crippen LogP contribution in [-0.2, 0) is 0 Å². The van der Waals surface area contributed by atoms with Crippen molar-refractivity contribution in [3.63, 3.8) is 0 Å². The average molecular weight is 255 g/mol. The van der Waals surface area contributed by atoms with Crippen molar-refractivity contribution in [2.45, 2.75) is 13.0 Å². The van der Waals surface area contributed by atoms with Gasteiger partial charge in [-0.3, -0.25) is 5.10 Å². The van der Waals surface area contributed by atoms with E-state index >= 15 is 0 Å². The molecule has 0 spiro atoms. The molecule has 3 aromatic rings. The summed E-state index contributed by atoms with van der Waals surface area (Å²) in [5.41, 5.74) is 2.88. The van der Waals surface area contributed by atoms with E-state index < -0.39 is 0 Å². The standard InChI is InChI=1S/C12H13N7/c1-9(10-6-7-13-16-10)15-11-4-2-3-5-12(11)19-8-14-17-18-19/h2-9,15H,1H3,(H,13,16). The van der Waals surface area contributed by atoms with Gasteiger partial charge in [-0.1, -0.05) is 12.1 Å². The van der Waals surface area contributed by atoms with E-state index in [0.29, 0.717) is 0 Å². The molecule has 1 atom stereocenters. The first-order valence-electron chi connectivity index (χ1n) is 5.93. The number of anilines is 1. The minimum Gasteiger partial charge on any atom is -0.375 e. The second-order valence-electron chi connectivity index (χ2n) is 4.15. The molecule has 0 aliphatic heterocycles. The Morgan fingerprint density at radius 1 is 1.26 bits per heavy atom. The quantitative estimate of drug-likeness (QED) is 0.739. The molecule has 3 rings (SSSR count). The summed E-state index contributed by atoms with van der Waals surface area (Å²) in [6.45, 7) is 2.06. The molecule has 1 aromatic carbocycles. The zero-order valence-electron chi connectivity index (χ0n) is 10.4. The normalized spacial score (nSPS) is 12.3. The SMILES string of the molecule is CC(Nc1ccccc1-n1cnnn1)c1ccn[nH]1. The van der Waals surface area contributed by atoms with Crippen LogP contribution in [-0.4, -0.2) is 30.4 Å². The zero-order valence-corrected chi connectivity index (χ0v) is 10.4. The summed E-state index contributed by atoms with van der Waals surface area (Å²) in [6.07, 6.45) is 3.31. The number of tetrazole rings is 1. The molecule has 0 amide bonds. The van der Waals surface area contributed by atoms with E-state index in [1.165, 1.54) is 0 Å². The molecule has 2 N–H and O–H groups in total. The monoisotopic (exact) mass is 255 g/mol. The molecule has 0 fully saturated rings. The van der Waals surface area contributed by atoms with Crippen molar-refractivity contribution in [3.8, 4) is 5.69 Å². The predicted molar refractivity (Wildman–Crippen MR) is 69.8 cm³/mol. The fourth-order valence-electron chi connectivity index (χ4n) is 1.89. The van der Waals surface area contributed by atoms with E-state index in [4.69, 9.17) is 0 Å². The van der Waals surface area contributed by atoms with Crippen LogP contribution in [0.25, 0.3) is 5.69 Å². The highest BCUT2D eigenvalue weighted by Gasteiger charge is 2.10. The number of aromatic amines is 1. The van der Waals surface area contributed by atoms with Gasteiger partial charge < -0.3 is 5.32 Å². The minimum absolute atomic E-state index is 0.111. The summed E-state index contributed by atoms with van der Waals surface area (Å²) in [4.78, 5) is 0. The Morgan fingerprint density at radius 2 is 2.16 bits per heavy atom. The lowest BCUT2D eigenvalue weighted by Crippen LogP contribution is -2.10. The van der Waals surface area contributed by atoms with E-state index in [-0.39, 0.29) is 6.04 Å². The molecule has 1 unspecified atom stereocenters. The highest BCUT2D eigenvalue weighted by atomic mass is 15.5. The smallest absolute Gasteiger partial charge is 0.143 e. The number of hydrogen-bond acceptors (Lipinski definition) is 5. The molecule has 0 aliphatic carbocycles. The van der Waals surface area contributed by atoms with Gasteiger partial charge in [0.1, 0.15) is 6.33 Å². The van der Waals surface area contributed by atoms with Crippen molar-refractivity contribution in [2.24, 2.45) is 0 Å². The van der Waals surface area contributed by atoms with Crippen molar-refractivity contribution >= 4 is 5.69 Å². The van der Waals surface area contributed by atoms with Gasteiger partial charge in [0.2, 0.25) is 0 Å². The van der Waals surface area contributed by atoms with Crippen molar-refractivity contribution in [3.05, 3.63) is 48.5 Å². The molecule has 0 saturated carbocycles. The van der Waals surface area contributed by atoms with E-state index in [9.17, 15) is 0 Å². The molecule has 2 aromatic heterocycles. The number of para-hydroxylation sites is 2. The van der Waals surface area contributed by atoms with Gasteiger partial charge in [0.25, 0.3) is 0 Å². The second-order valence-corrected chi connectivity index (χ2v) is 4.15. The Kier molecular flexibility index (Phi) is 2.93. The molecule has 7 nitrogen and oxygen atoms in total. The Balaban J connectivity index is 1.89. The van der Waals surface area contributed by atoms with Gasteiger partial charge in [-0.25, -0.2) is 0 Å². The average Bonchev–Trinajstić information content (AvgIpc) is 3.13. The van der Waals surface area contributed by atoms with Crippen LogP contribution >= 0.6 is 0 Å². The number of benzene rings is 1. The third-order valence-electron chi connectivity index (χ3n) is 2.86.